The first-order valence-electron chi connectivity index (χ1n) is 10.7. The van der Waals surface area contributed by atoms with Gasteiger partial charge in [-0.1, -0.05) is 66.4 Å². The van der Waals surface area contributed by atoms with Crippen molar-refractivity contribution in [3.63, 3.8) is 0 Å². The smallest absolute Gasteiger partial charge is 0.0985 e. The first kappa shape index (κ1) is 17.2. The Morgan fingerprint density at radius 1 is 0.656 bits per heavy atom. The third-order valence-corrected chi connectivity index (χ3v) is 6.20. The topological polar surface area (TPSA) is 22.8 Å². The second-order valence-corrected chi connectivity index (χ2v) is 7.94. The van der Waals surface area contributed by atoms with Crippen molar-refractivity contribution in [1.29, 1.82) is 0 Å². The summed E-state index contributed by atoms with van der Waals surface area (Å²) in [6, 6.07) is 27.6. The summed E-state index contributed by atoms with van der Waals surface area (Å²) in [4.78, 5) is 4.98. The maximum absolute atomic E-state index is 4.98. The van der Waals surface area contributed by atoms with Crippen molar-refractivity contribution in [2.75, 3.05) is 0 Å². The van der Waals surface area contributed by atoms with Crippen LogP contribution < -0.4 is 0 Å². The molecule has 7 rings (SSSR count). The van der Waals surface area contributed by atoms with Gasteiger partial charge in [0, 0.05) is 28.0 Å². The molecule has 3 heteroatoms. The van der Waals surface area contributed by atoms with Crippen LogP contribution in [0.25, 0.3) is 55.1 Å². The van der Waals surface area contributed by atoms with Gasteiger partial charge in [-0.3, -0.25) is 9.55 Å². The highest BCUT2D eigenvalue weighted by molar-refractivity contribution is 6.22. The van der Waals surface area contributed by atoms with Gasteiger partial charge in [0.2, 0.25) is 0 Å². The third-order valence-electron chi connectivity index (χ3n) is 6.20. The third kappa shape index (κ3) is 2.24. The number of rotatable bonds is 2. The number of nitrogens with zero attached hydrogens (tertiary/aromatic N) is 3. The molecule has 3 heterocycles. The minimum absolute atomic E-state index is 0.956. The molecule has 0 aliphatic heterocycles. The van der Waals surface area contributed by atoms with Crippen LogP contribution in [0.1, 0.15) is 0 Å². The molecule has 0 saturated heterocycles. The highest BCUT2D eigenvalue weighted by atomic mass is 15.1. The first-order valence-corrected chi connectivity index (χ1v) is 10.7. The van der Waals surface area contributed by atoms with Gasteiger partial charge in [-0.05, 0) is 42.1 Å². The highest BCUT2D eigenvalue weighted by Crippen LogP contribution is 2.40. The van der Waals surface area contributed by atoms with E-state index in [-0.39, 0.29) is 0 Å². The fraction of sp³-hybridized carbons (Fsp3) is 0. The summed E-state index contributed by atoms with van der Waals surface area (Å²) in [5, 5.41) is 3.47. The molecular weight excluding hydrogens is 390 g/mol. The molecule has 0 amide bonds. The fourth-order valence-electron chi connectivity index (χ4n) is 4.90. The van der Waals surface area contributed by atoms with Gasteiger partial charge in [0.05, 0.1) is 33.3 Å². The number of benzene rings is 3. The number of aromatic nitrogens is 3. The molecule has 32 heavy (non-hydrogen) atoms. The van der Waals surface area contributed by atoms with Gasteiger partial charge in [-0.15, -0.1) is 0 Å². The van der Waals surface area contributed by atoms with Crippen LogP contribution >= 0.6 is 0 Å². The van der Waals surface area contributed by atoms with Crippen LogP contribution in [0.3, 0.4) is 0 Å². The second-order valence-electron chi connectivity index (χ2n) is 7.94. The maximum Gasteiger partial charge on any atom is 0.0985 e. The van der Waals surface area contributed by atoms with E-state index in [9.17, 15) is 0 Å². The number of pyridine rings is 1. The molecule has 0 spiro atoms. The van der Waals surface area contributed by atoms with Crippen LogP contribution in [-0.4, -0.2) is 14.1 Å². The van der Waals surface area contributed by atoms with E-state index in [4.69, 9.17) is 4.98 Å². The molecule has 0 atom stereocenters. The molecule has 0 saturated carbocycles. The molecule has 3 nitrogen and oxygen atoms in total. The largest absolute Gasteiger partial charge is 0.307 e. The minimum atomic E-state index is 0.956. The van der Waals surface area contributed by atoms with E-state index in [1.54, 1.807) is 0 Å². The van der Waals surface area contributed by atoms with E-state index in [0.29, 0.717) is 0 Å². The van der Waals surface area contributed by atoms with Crippen LogP contribution in [0.5, 0.6) is 0 Å². The highest BCUT2D eigenvalue weighted by Gasteiger charge is 2.21. The standard InChI is InChI=1S/C29H17N3/c1-3-11-20(12-4-1)31-25-17-9-7-15-22(25)24-19-30-27-23-16-8-10-18-26(23)32(29(27)28(24)31)21-13-5-2-6-14-21/h1-5,7-13,15-19H. The zero-order valence-electron chi connectivity index (χ0n) is 17.2. The summed E-state index contributed by atoms with van der Waals surface area (Å²) < 4.78 is 4.63. The normalized spacial score (nSPS) is 13.1. The van der Waals surface area contributed by atoms with E-state index in [1.807, 2.05) is 18.3 Å². The number of para-hydroxylation sites is 3. The fourth-order valence-corrected chi connectivity index (χ4v) is 4.90. The molecule has 0 fully saturated rings. The molecule has 0 N–H and O–H groups in total. The summed E-state index contributed by atoms with van der Waals surface area (Å²) in [5.41, 5.74) is 14.0. The molecule has 1 aliphatic rings. The molecule has 1 aliphatic carbocycles. The number of hydrogen-bond acceptors (Lipinski definition) is 1. The van der Waals surface area contributed by atoms with E-state index in [0.717, 1.165) is 44.2 Å². The predicted molar refractivity (Wildman–Crippen MR) is 132 cm³/mol. The lowest BCUT2D eigenvalue weighted by atomic mass is 10.2. The Morgan fingerprint density at radius 2 is 1.38 bits per heavy atom. The van der Waals surface area contributed by atoms with Crippen molar-refractivity contribution in [2.45, 2.75) is 0 Å². The molecule has 0 unspecified atom stereocenters. The number of fused-ring (bicyclic) bond motifs is 7. The van der Waals surface area contributed by atoms with Gasteiger partial charge < -0.3 is 4.57 Å². The van der Waals surface area contributed by atoms with Crippen molar-refractivity contribution in [3.8, 4) is 5.69 Å². The maximum atomic E-state index is 4.98. The van der Waals surface area contributed by atoms with Crippen molar-refractivity contribution in [2.24, 2.45) is 0 Å². The van der Waals surface area contributed by atoms with E-state index >= 15 is 0 Å². The van der Waals surface area contributed by atoms with E-state index in [2.05, 4.69) is 106 Å². The Bertz CT molecular complexity index is 1830. The van der Waals surface area contributed by atoms with Crippen LogP contribution in [0, 0.1) is 0 Å². The summed E-state index contributed by atoms with van der Waals surface area (Å²) in [6.07, 6.45) is 7.99. The van der Waals surface area contributed by atoms with Crippen molar-refractivity contribution in [1.82, 2.24) is 14.1 Å². The average molecular weight is 407 g/mol. The van der Waals surface area contributed by atoms with Gasteiger partial charge in [-0.25, -0.2) is 0 Å². The predicted octanol–water partition coefficient (Wildman–Crippen LogP) is 7.01. The molecule has 3 aromatic carbocycles. The van der Waals surface area contributed by atoms with Crippen LogP contribution in [0.4, 0.5) is 0 Å². The second kappa shape index (κ2) is 6.47. The van der Waals surface area contributed by atoms with Crippen molar-refractivity contribution in [3.05, 3.63) is 115 Å². The lowest BCUT2D eigenvalue weighted by Crippen LogP contribution is -1.99. The lowest BCUT2D eigenvalue weighted by molar-refractivity contribution is 1.16. The molecule has 0 bridgehead atoms. The summed E-state index contributed by atoms with van der Waals surface area (Å²) in [6.45, 7) is 0. The summed E-state index contributed by atoms with van der Waals surface area (Å²) in [5.74, 6) is 0. The van der Waals surface area contributed by atoms with Crippen molar-refractivity contribution < 1.29 is 0 Å². The molecule has 0 radical (unpaired) electrons. The molecule has 3 aromatic heterocycles. The summed E-state index contributed by atoms with van der Waals surface area (Å²) in [7, 11) is 0. The van der Waals surface area contributed by atoms with Crippen LogP contribution in [-0.2, 0) is 0 Å². The lowest BCUT2D eigenvalue weighted by Gasteiger charge is -2.11. The van der Waals surface area contributed by atoms with Gasteiger partial charge in [-0.2, -0.15) is 0 Å². The van der Waals surface area contributed by atoms with Gasteiger partial charge in [0.25, 0.3) is 0 Å². The van der Waals surface area contributed by atoms with Crippen LogP contribution in [0.2, 0.25) is 0 Å². The van der Waals surface area contributed by atoms with E-state index in [1.165, 1.54) is 10.9 Å². The van der Waals surface area contributed by atoms with Gasteiger partial charge in [0.15, 0.2) is 0 Å². The minimum Gasteiger partial charge on any atom is -0.307 e. The Kier molecular flexibility index (Phi) is 3.47. The quantitative estimate of drug-likeness (QED) is 0.283. The van der Waals surface area contributed by atoms with E-state index < -0.39 is 0 Å². The first-order chi connectivity index (χ1) is 15.9. The Labute approximate surface area is 184 Å². The summed E-state index contributed by atoms with van der Waals surface area (Å²) >= 11 is 0. The zero-order chi connectivity index (χ0) is 21.1. The number of allylic oxidation sites excluding steroid dienone is 4. The SMILES string of the molecule is C1=C=C(n2c3ccccc3c3ncc4c5ccccc5n(-c5ccccc5)c4c32)C=CC=1. The zero-order valence-corrected chi connectivity index (χ0v) is 17.2. The Hall–Kier alpha value is -4.55. The molecular formula is C29H17N3. The Balaban J connectivity index is 1.82. The van der Waals surface area contributed by atoms with Crippen LogP contribution in [0.15, 0.2) is 115 Å². The Morgan fingerprint density at radius 3 is 2.16 bits per heavy atom. The average Bonchev–Trinajstić information content (AvgIpc) is 3.38. The monoisotopic (exact) mass is 407 g/mol. The number of hydrogen-bond donors (Lipinski definition) is 0. The van der Waals surface area contributed by atoms with Gasteiger partial charge >= 0.3 is 0 Å². The molecule has 6 aromatic rings. The van der Waals surface area contributed by atoms with Gasteiger partial charge in [0.1, 0.15) is 0 Å². The molecule has 148 valence electrons. The van der Waals surface area contributed by atoms with Crippen molar-refractivity contribution >= 4 is 49.4 Å².